The van der Waals surface area contributed by atoms with Crippen LogP contribution in [0, 0.1) is 11.3 Å². The number of hydrogen-bond acceptors (Lipinski definition) is 4. The molecular formula is C14H24O4. The van der Waals surface area contributed by atoms with Gasteiger partial charge in [0.05, 0.1) is 26.6 Å². The third-order valence-corrected chi connectivity index (χ3v) is 2.41. The molecule has 0 fully saturated rings. The minimum absolute atomic E-state index is 0.0185. The van der Waals surface area contributed by atoms with Crippen LogP contribution in [0.4, 0.5) is 0 Å². The largest absolute Gasteiger partial charge is 0.469 e. The van der Waals surface area contributed by atoms with Gasteiger partial charge in [0.25, 0.3) is 0 Å². The highest BCUT2D eigenvalue weighted by molar-refractivity contribution is 5.81. The second kappa shape index (κ2) is 7.19. The van der Waals surface area contributed by atoms with E-state index in [9.17, 15) is 9.59 Å². The highest BCUT2D eigenvalue weighted by Gasteiger charge is 2.22. The quantitative estimate of drug-likeness (QED) is 0.560. The topological polar surface area (TPSA) is 52.6 Å². The Labute approximate surface area is 109 Å². The summed E-state index contributed by atoms with van der Waals surface area (Å²) in [5, 5.41) is 0. The van der Waals surface area contributed by atoms with Gasteiger partial charge >= 0.3 is 11.9 Å². The molecule has 0 amide bonds. The van der Waals surface area contributed by atoms with E-state index in [1.54, 1.807) is 6.08 Å². The molecule has 104 valence electrons. The van der Waals surface area contributed by atoms with Gasteiger partial charge in [-0.25, -0.2) is 0 Å². The van der Waals surface area contributed by atoms with Crippen molar-refractivity contribution in [3.8, 4) is 0 Å². The molecular weight excluding hydrogens is 232 g/mol. The Morgan fingerprint density at radius 2 is 1.72 bits per heavy atom. The first-order chi connectivity index (χ1) is 8.19. The van der Waals surface area contributed by atoms with Crippen LogP contribution in [0.15, 0.2) is 11.6 Å². The Bertz CT molecular complexity index is 323. The van der Waals surface area contributed by atoms with E-state index in [1.807, 2.05) is 6.92 Å². The summed E-state index contributed by atoms with van der Waals surface area (Å²) in [6.07, 6.45) is 2.68. The second-order valence-corrected chi connectivity index (χ2v) is 5.66. The molecule has 0 aliphatic heterocycles. The molecule has 4 nitrogen and oxygen atoms in total. The maximum absolute atomic E-state index is 11.6. The number of allylic oxidation sites excluding steroid dienone is 1. The molecule has 0 aromatic rings. The van der Waals surface area contributed by atoms with Crippen molar-refractivity contribution in [2.75, 3.05) is 14.2 Å². The van der Waals surface area contributed by atoms with E-state index in [2.05, 4.69) is 25.5 Å². The molecule has 0 spiro atoms. The molecule has 0 rings (SSSR count). The summed E-state index contributed by atoms with van der Waals surface area (Å²) in [4.78, 5) is 22.8. The van der Waals surface area contributed by atoms with Crippen LogP contribution in [0.25, 0.3) is 0 Å². The summed E-state index contributed by atoms with van der Waals surface area (Å²) in [6, 6.07) is 0. The molecule has 0 radical (unpaired) electrons. The van der Waals surface area contributed by atoms with Crippen molar-refractivity contribution in [2.45, 2.75) is 40.5 Å². The van der Waals surface area contributed by atoms with Gasteiger partial charge in [0.1, 0.15) is 0 Å². The summed E-state index contributed by atoms with van der Waals surface area (Å²) < 4.78 is 9.28. The van der Waals surface area contributed by atoms with Crippen molar-refractivity contribution < 1.29 is 19.1 Å². The minimum atomic E-state index is -0.565. The smallest absolute Gasteiger partial charge is 0.313 e. The molecule has 0 aromatic carbocycles. The minimum Gasteiger partial charge on any atom is -0.469 e. The third-order valence-electron chi connectivity index (χ3n) is 2.41. The molecule has 0 bridgehead atoms. The van der Waals surface area contributed by atoms with Crippen LogP contribution in [-0.2, 0) is 19.1 Å². The fraction of sp³-hybridized carbons (Fsp3) is 0.714. The lowest BCUT2D eigenvalue weighted by Crippen LogP contribution is -2.19. The summed E-state index contributed by atoms with van der Waals surface area (Å²) in [5.74, 6) is -1.39. The fourth-order valence-corrected chi connectivity index (χ4v) is 1.86. The Morgan fingerprint density at radius 3 is 2.11 bits per heavy atom. The van der Waals surface area contributed by atoms with Gasteiger partial charge in [-0.05, 0) is 18.8 Å². The number of ether oxygens (including phenoxy) is 2. The van der Waals surface area contributed by atoms with Crippen LogP contribution in [0.3, 0.4) is 0 Å². The van der Waals surface area contributed by atoms with Crippen LogP contribution in [0.5, 0.6) is 0 Å². The molecule has 0 aliphatic carbocycles. The Balaban J connectivity index is 4.82. The molecule has 0 saturated heterocycles. The first-order valence-electron chi connectivity index (χ1n) is 6.01. The van der Waals surface area contributed by atoms with E-state index in [0.717, 1.165) is 12.0 Å². The van der Waals surface area contributed by atoms with E-state index in [1.165, 1.54) is 14.2 Å². The van der Waals surface area contributed by atoms with Crippen LogP contribution in [0.1, 0.15) is 40.5 Å². The van der Waals surface area contributed by atoms with Gasteiger partial charge in [-0.3, -0.25) is 9.59 Å². The molecule has 1 unspecified atom stereocenters. The summed E-state index contributed by atoms with van der Waals surface area (Å²) in [5.41, 5.74) is 1.22. The van der Waals surface area contributed by atoms with Crippen LogP contribution in [0.2, 0.25) is 0 Å². The van der Waals surface area contributed by atoms with Gasteiger partial charge in [-0.15, -0.1) is 0 Å². The van der Waals surface area contributed by atoms with E-state index in [0.29, 0.717) is 0 Å². The van der Waals surface area contributed by atoms with Gasteiger partial charge in [-0.1, -0.05) is 32.4 Å². The zero-order valence-corrected chi connectivity index (χ0v) is 12.2. The van der Waals surface area contributed by atoms with E-state index in [-0.39, 0.29) is 11.8 Å². The lowest BCUT2D eigenvalue weighted by Gasteiger charge is -2.19. The Morgan fingerprint density at radius 1 is 1.17 bits per heavy atom. The SMILES string of the molecule is COC(=O)CC(C=C(C)CC(C)(C)C)C(=O)OC. The standard InChI is InChI=1S/C14H24O4/c1-10(9-14(2,3)4)7-11(13(16)18-6)8-12(15)17-5/h7,11H,8-9H2,1-6H3. The second-order valence-electron chi connectivity index (χ2n) is 5.66. The average Bonchev–Trinajstić information content (AvgIpc) is 2.24. The first-order valence-corrected chi connectivity index (χ1v) is 6.01. The van der Waals surface area contributed by atoms with Crippen LogP contribution in [-0.4, -0.2) is 26.2 Å². The van der Waals surface area contributed by atoms with Gasteiger partial charge in [0.2, 0.25) is 0 Å². The van der Waals surface area contributed by atoms with E-state index >= 15 is 0 Å². The predicted octanol–water partition coefficient (Wildman–Crippen LogP) is 2.72. The van der Waals surface area contributed by atoms with Crippen molar-refractivity contribution in [3.05, 3.63) is 11.6 Å². The Kier molecular flexibility index (Phi) is 6.66. The number of hydrogen-bond donors (Lipinski definition) is 0. The van der Waals surface area contributed by atoms with Gasteiger partial charge in [-0.2, -0.15) is 0 Å². The van der Waals surface area contributed by atoms with Crippen molar-refractivity contribution >= 4 is 11.9 Å². The number of rotatable bonds is 5. The lowest BCUT2D eigenvalue weighted by atomic mass is 9.87. The Hall–Kier alpha value is -1.32. The van der Waals surface area contributed by atoms with Crippen LogP contribution >= 0.6 is 0 Å². The molecule has 0 N–H and O–H groups in total. The molecule has 0 saturated carbocycles. The monoisotopic (exact) mass is 256 g/mol. The van der Waals surface area contributed by atoms with Crippen molar-refractivity contribution in [3.63, 3.8) is 0 Å². The zero-order chi connectivity index (χ0) is 14.3. The van der Waals surface area contributed by atoms with E-state index < -0.39 is 17.9 Å². The number of esters is 2. The normalized spacial score (nSPS) is 14.0. The molecule has 1 atom stereocenters. The maximum atomic E-state index is 11.6. The molecule has 0 aromatic heterocycles. The van der Waals surface area contributed by atoms with Gasteiger partial charge in [0, 0.05) is 0 Å². The number of carbonyl (C=O) groups is 2. The number of carbonyl (C=O) groups excluding carboxylic acids is 2. The van der Waals surface area contributed by atoms with E-state index in [4.69, 9.17) is 4.74 Å². The van der Waals surface area contributed by atoms with Crippen LogP contribution < -0.4 is 0 Å². The maximum Gasteiger partial charge on any atom is 0.313 e. The average molecular weight is 256 g/mol. The van der Waals surface area contributed by atoms with Crippen molar-refractivity contribution in [1.82, 2.24) is 0 Å². The number of methoxy groups -OCH3 is 2. The first kappa shape index (κ1) is 16.7. The summed E-state index contributed by atoms with van der Waals surface area (Å²) in [6.45, 7) is 8.33. The van der Waals surface area contributed by atoms with Gasteiger partial charge in [0.15, 0.2) is 0 Å². The fourth-order valence-electron chi connectivity index (χ4n) is 1.86. The van der Waals surface area contributed by atoms with Crippen molar-refractivity contribution in [1.29, 1.82) is 0 Å². The molecule has 4 heteroatoms. The highest BCUT2D eigenvalue weighted by Crippen LogP contribution is 2.25. The van der Waals surface area contributed by atoms with Crippen molar-refractivity contribution in [2.24, 2.45) is 11.3 Å². The van der Waals surface area contributed by atoms with Gasteiger partial charge < -0.3 is 9.47 Å². The predicted molar refractivity (Wildman–Crippen MR) is 70.0 cm³/mol. The third kappa shape index (κ3) is 7.09. The lowest BCUT2D eigenvalue weighted by molar-refractivity contribution is -0.150. The zero-order valence-electron chi connectivity index (χ0n) is 12.2. The summed E-state index contributed by atoms with van der Waals surface area (Å²) in [7, 11) is 2.63. The highest BCUT2D eigenvalue weighted by atomic mass is 16.5. The summed E-state index contributed by atoms with van der Waals surface area (Å²) >= 11 is 0. The molecule has 18 heavy (non-hydrogen) atoms. The molecule has 0 aliphatic rings. The molecule has 0 heterocycles.